The summed E-state index contributed by atoms with van der Waals surface area (Å²) >= 11 is 0. The topological polar surface area (TPSA) is 47.8 Å². The molecule has 0 atom stereocenters. The standard InChI is InChI=1S/C7H9NO.C4H4N2/c1-6(9)7-4-3-5-8(7)2;1-2-5-4-6-3-1/h3-5H,1-2H3;1-4H. The molecule has 0 aliphatic carbocycles. The fraction of sp³-hybridized carbons (Fsp3) is 0.182. The third-order valence-corrected chi connectivity index (χ3v) is 1.78. The predicted molar refractivity (Wildman–Crippen MR) is 57.4 cm³/mol. The van der Waals surface area contributed by atoms with E-state index >= 15 is 0 Å². The molecule has 2 aromatic rings. The largest absolute Gasteiger partial charge is 0.348 e. The van der Waals surface area contributed by atoms with E-state index in [1.165, 1.54) is 6.33 Å². The summed E-state index contributed by atoms with van der Waals surface area (Å²) in [5.74, 6) is 0.113. The highest BCUT2D eigenvalue weighted by Gasteiger charge is 1.99. The van der Waals surface area contributed by atoms with Gasteiger partial charge in [-0.2, -0.15) is 0 Å². The normalized spacial score (nSPS) is 8.93. The third-order valence-electron chi connectivity index (χ3n) is 1.78. The third kappa shape index (κ3) is 3.72. The Balaban J connectivity index is 0.000000162. The molecule has 0 aromatic carbocycles. The summed E-state index contributed by atoms with van der Waals surface area (Å²) < 4.78 is 1.81. The Kier molecular flexibility index (Phi) is 4.22. The Morgan fingerprint density at radius 2 is 1.93 bits per heavy atom. The number of aryl methyl sites for hydroxylation is 1. The van der Waals surface area contributed by atoms with E-state index in [-0.39, 0.29) is 5.78 Å². The fourth-order valence-corrected chi connectivity index (χ4v) is 1.08. The molecule has 0 saturated heterocycles. The molecule has 0 spiro atoms. The highest BCUT2D eigenvalue weighted by molar-refractivity contribution is 5.92. The molecule has 2 aromatic heterocycles. The second-order valence-electron chi connectivity index (χ2n) is 2.96. The second kappa shape index (κ2) is 5.70. The van der Waals surface area contributed by atoms with Gasteiger partial charge in [-0.05, 0) is 18.2 Å². The minimum Gasteiger partial charge on any atom is -0.348 e. The van der Waals surface area contributed by atoms with Gasteiger partial charge in [0.25, 0.3) is 0 Å². The van der Waals surface area contributed by atoms with Crippen molar-refractivity contribution in [1.82, 2.24) is 14.5 Å². The predicted octanol–water partition coefficient (Wildman–Crippen LogP) is 1.70. The molecule has 0 unspecified atom stereocenters. The first-order valence-electron chi connectivity index (χ1n) is 4.54. The average molecular weight is 203 g/mol. The van der Waals surface area contributed by atoms with E-state index in [0.717, 1.165) is 5.69 Å². The van der Waals surface area contributed by atoms with Gasteiger partial charge in [-0.1, -0.05) is 0 Å². The molecule has 4 nitrogen and oxygen atoms in total. The summed E-state index contributed by atoms with van der Waals surface area (Å²) in [6.07, 6.45) is 6.73. The quantitative estimate of drug-likeness (QED) is 0.663. The maximum absolute atomic E-state index is 10.7. The molecule has 0 bridgehead atoms. The lowest BCUT2D eigenvalue weighted by Gasteiger charge is -1.94. The molecule has 2 heterocycles. The Bertz CT molecular complexity index is 382. The Morgan fingerprint density at radius 1 is 1.27 bits per heavy atom. The number of nitrogens with zero attached hydrogens (tertiary/aromatic N) is 3. The lowest BCUT2D eigenvalue weighted by Crippen LogP contribution is -1.99. The van der Waals surface area contributed by atoms with E-state index in [4.69, 9.17) is 0 Å². The van der Waals surface area contributed by atoms with Crippen LogP contribution in [0.4, 0.5) is 0 Å². The van der Waals surface area contributed by atoms with Gasteiger partial charge in [-0.15, -0.1) is 0 Å². The summed E-state index contributed by atoms with van der Waals surface area (Å²) in [6, 6.07) is 5.44. The number of carbonyl (C=O) groups is 1. The van der Waals surface area contributed by atoms with Crippen LogP contribution in [-0.4, -0.2) is 20.3 Å². The lowest BCUT2D eigenvalue weighted by molar-refractivity contribution is 0.101. The SMILES string of the molecule is CC(=O)c1cccn1C.c1cncnc1. The maximum atomic E-state index is 10.7. The molecule has 0 aliphatic heterocycles. The number of ketones is 1. The smallest absolute Gasteiger partial charge is 0.176 e. The highest BCUT2D eigenvalue weighted by atomic mass is 16.1. The molecule has 2 rings (SSSR count). The lowest BCUT2D eigenvalue weighted by atomic mass is 10.3. The van der Waals surface area contributed by atoms with Crippen LogP contribution in [0.1, 0.15) is 17.4 Å². The molecule has 0 saturated carbocycles. The van der Waals surface area contributed by atoms with E-state index in [0.29, 0.717) is 0 Å². The van der Waals surface area contributed by atoms with Crippen molar-refractivity contribution >= 4 is 5.78 Å². The molecule has 0 N–H and O–H groups in total. The summed E-state index contributed by atoms with van der Waals surface area (Å²) in [6.45, 7) is 1.56. The van der Waals surface area contributed by atoms with E-state index in [2.05, 4.69) is 9.97 Å². The van der Waals surface area contributed by atoms with Gasteiger partial charge >= 0.3 is 0 Å². The Labute approximate surface area is 88.6 Å². The first kappa shape index (κ1) is 11.1. The molecule has 0 radical (unpaired) electrons. The number of hydrogen-bond donors (Lipinski definition) is 0. The summed E-state index contributed by atoms with van der Waals surface area (Å²) in [4.78, 5) is 18.1. The van der Waals surface area contributed by atoms with Gasteiger partial charge in [0.2, 0.25) is 0 Å². The van der Waals surface area contributed by atoms with Crippen LogP contribution in [0, 0.1) is 0 Å². The van der Waals surface area contributed by atoms with E-state index in [9.17, 15) is 4.79 Å². The zero-order valence-corrected chi connectivity index (χ0v) is 8.79. The minimum atomic E-state index is 0.113. The molecule has 0 aliphatic rings. The fourth-order valence-electron chi connectivity index (χ4n) is 1.08. The first-order chi connectivity index (χ1) is 7.22. The zero-order valence-electron chi connectivity index (χ0n) is 8.79. The summed E-state index contributed by atoms with van der Waals surface area (Å²) in [7, 11) is 1.86. The van der Waals surface area contributed by atoms with Crippen molar-refractivity contribution in [1.29, 1.82) is 0 Å². The van der Waals surface area contributed by atoms with Crippen LogP contribution in [0.3, 0.4) is 0 Å². The molecule has 4 heteroatoms. The van der Waals surface area contributed by atoms with Crippen molar-refractivity contribution in [2.24, 2.45) is 7.05 Å². The van der Waals surface area contributed by atoms with Crippen molar-refractivity contribution in [2.45, 2.75) is 6.92 Å². The van der Waals surface area contributed by atoms with Crippen molar-refractivity contribution in [3.63, 3.8) is 0 Å². The van der Waals surface area contributed by atoms with Crippen LogP contribution >= 0.6 is 0 Å². The number of Topliss-reactive ketones (excluding diaryl/α,β-unsaturated/α-hetero) is 1. The zero-order chi connectivity index (χ0) is 11.1. The van der Waals surface area contributed by atoms with Crippen LogP contribution < -0.4 is 0 Å². The Morgan fingerprint density at radius 3 is 2.13 bits per heavy atom. The monoisotopic (exact) mass is 203 g/mol. The Hall–Kier alpha value is -1.97. The minimum absolute atomic E-state index is 0.113. The van der Waals surface area contributed by atoms with Gasteiger partial charge in [-0.25, -0.2) is 9.97 Å². The summed E-state index contributed by atoms with van der Waals surface area (Å²) in [5, 5.41) is 0. The van der Waals surface area contributed by atoms with Crippen LogP contribution in [-0.2, 0) is 7.05 Å². The van der Waals surface area contributed by atoms with E-state index < -0.39 is 0 Å². The van der Waals surface area contributed by atoms with Gasteiger partial charge in [0.05, 0.1) is 5.69 Å². The number of aromatic nitrogens is 3. The number of carbonyl (C=O) groups excluding carboxylic acids is 1. The second-order valence-corrected chi connectivity index (χ2v) is 2.96. The molecule has 15 heavy (non-hydrogen) atoms. The van der Waals surface area contributed by atoms with Crippen molar-refractivity contribution in [3.05, 3.63) is 48.8 Å². The van der Waals surface area contributed by atoms with Gasteiger partial charge in [-0.3, -0.25) is 4.79 Å². The molecule has 0 fully saturated rings. The molecule has 78 valence electrons. The van der Waals surface area contributed by atoms with Crippen LogP contribution in [0.5, 0.6) is 0 Å². The van der Waals surface area contributed by atoms with Crippen molar-refractivity contribution in [3.8, 4) is 0 Å². The van der Waals surface area contributed by atoms with Crippen molar-refractivity contribution in [2.75, 3.05) is 0 Å². The van der Waals surface area contributed by atoms with Crippen LogP contribution in [0.25, 0.3) is 0 Å². The van der Waals surface area contributed by atoms with Gasteiger partial charge in [0.15, 0.2) is 5.78 Å². The van der Waals surface area contributed by atoms with Crippen LogP contribution in [0.2, 0.25) is 0 Å². The van der Waals surface area contributed by atoms with E-state index in [1.807, 2.05) is 29.9 Å². The van der Waals surface area contributed by atoms with Gasteiger partial charge < -0.3 is 4.57 Å². The van der Waals surface area contributed by atoms with Gasteiger partial charge in [0.1, 0.15) is 6.33 Å². The molecular formula is C11H13N3O. The van der Waals surface area contributed by atoms with Gasteiger partial charge in [0, 0.05) is 32.6 Å². The average Bonchev–Trinajstić information content (AvgIpc) is 2.68. The number of rotatable bonds is 1. The first-order valence-corrected chi connectivity index (χ1v) is 4.54. The van der Waals surface area contributed by atoms with Crippen molar-refractivity contribution < 1.29 is 4.79 Å². The maximum Gasteiger partial charge on any atom is 0.176 e. The van der Waals surface area contributed by atoms with Crippen LogP contribution in [0.15, 0.2) is 43.1 Å². The highest BCUT2D eigenvalue weighted by Crippen LogP contribution is 1.98. The number of hydrogen-bond acceptors (Lipinski definition) is 3. The molecular weight excluding hydrogens is 190 g/mol. The summed E-state index contributed by atoms with van der Waals surface area (Å²) in [5.41, 5.74) is 0.759. The van der Waals surface area contributed by atoms with E-state index in [1.54, 1.807) is 25.4 Å². The molecule has 0 amide bonds.